The summed E-state index contributed by atoms with van der Waals surface area (Å²) in [5.74, 6) is -0.363. The molecule has 0 bridgehead atoms. The molecule has 5 nitrogen and oxygen atoms in total. The van der Waals surface area contributed by atoms with Gasteiger partial charge >= 0.3 is 0 Å². The predicted molar refractivity (Wildman–Crippen MR) is 93.0 cm³/mol. The van der Waals surface area contributed by atoms with Crippen molar-refractivity contribution in [2.75, 3.05) is 0 Å². The highest BCUT2D eigenvalue weighted by molar-refractivity contribution is 5.88. The molecule has 1 heterocycles. The van der Waals surface area contributed by atoms with Crippen LogP contribution >= 0.6 is 0 Å². The van der Waals surface area contributed by atoms with E-state index in [9.17, 15) is 9.59 Å². The summed E-state index contributed by atoms with van der Waals surface area (Å²) in [4.78, 5) is 28.8. The van der Waals surface area contributed by atoms with E-state index in [-0.39, 0.29) is 24.2 Å². The van der Waals surface area contributed by atoms with Gasteiger partial charge in [0, 0.05) is 6.20 Å². The first-order valence-corrected chi connectivity index (χ1v) is 8.07. The number of aromatic nitrogens is 1. The van der Waals surface area contributed by atoms with Crippen LogP contribution in [-0.2, 0) is 22.6 Å². The summed E-state index contributed by atoms with van der Waals surface area (Å²) in [6, 6.07) is 14.5. The van der Waals surface area contributed by atoms with Crippen molar-refractivity contribution in [1.82, 2.24) is 15.6 Å². The zero-order valence-electron chi connectivity index (χ0n) is 14.0. The van der Waals surface area contributed by atoms with Crippen LogP contribution in [0.4, 0.5) is 0 Å². The minimum atomic E-state index is -0.565. The Labute approximate surface area is 142 Å². The number of nitrogens with zero attached hydrogens (tertiary/aromatic N) is 1. The SMILES string of the molecule is CC(C)[C@H](NC(=O)Cc1ccccc1)C(=O)NCc1ccccn1. The van der Waals surface area contributed by atoms with E-state index in [4.69, 9.17) is 0 Å². The summed E-state index contributed by atoms with van der Waals surface area (Å²) in [6.07, 6.45) is 1.95. The summed E-state index contributed by atoms with van der Waals surface area (Å²) in [6.45, 7) is 4.17. The van der Waals surface area contributed by atoms with Gasteiger partial charge in [0.1, 0.15) is 6.04 Å². The summed E-state index contributed by atoms with van der Waals surface area (Å²) < 4.78 is 0. The lowest BCUT2D eigenvalue weighted by atomic mass is 10.0. The van der Waals surface area contributed by atoms with Crippen molar-refractivity contribution < 1.29 is 9.59 Å². The van der Waals surface area contributed by atoms with E-state index >= 15 is 0 Å². The van der Waals surface area contributed by atoms with Crippen LogP contribution in [0.2, 0.25) is 0 Å². The van der Waals surface area contributed by atoms with Crippen LogP contribution < -0.4 is 10.6 Å². The summed E-state index contributed by atoms with van der Waals surface area (Å²) in [5.41, 5.74) is 1.70. The van der Waals surface area contributed by atoms with Crippen molar-refractivity contribution in [1.29, 1.82) is 0 Å². The number of pyridine rings is 1. The molecule has 1 aromatic heterocycles. The number of amides is 2. The lowest BCUT2D eigenvalue weighted by Gasteiger charge is -2.21. The third kappa shape index (κ3) is 5.50. The molecule has 24 heavy (non-hydrogen) atoms. The molecular weight excluding hydrogens is 302 g/mol. The number of hydrogen-bond donors (Lipinski definition) is 2. The fraction of sp³-hybridized carbons (Fsp3) is 0.316. The molecule has 0 saturated heterocycles. The molecule has 0 aliphatic carbocycles. The molecule has 2 rings (SSSR count). The predicted octanol–water partition coefficient (Wildman–Crippen LogP) is 2.08. The lowest BCUT2D eigenvalue weighted by Crippen LogP contribution is -2.49. The van der Waals surface area contributed by atoms with Gasteiger partial charge in [-0.15, -0.1) is 0 Å². The number of rotatable bonds is 7. The Hall–Kier alpha value is -2.69. The van der Waals surface area contributed by atoms with E-state index in [1.807, 2.05) is 62.4 Å². The van der Waals surface area contributed by atoms with Crippen LogP contribution in [0.1, 0.15) is 25.1 Å². The second kappa shape index (κ2) is 8.82. The smallest absolute Gasteiger partial charge is 0.243 e. The van der Waals surface area contributed by atoms with E-state index in [2.05, 4.69) is 15.6 Å². The van der Waals surface area contributed by atoms with Crippen LogP contribution in [0, 0.1) is 5.92 Å². The van der Waals surface area contributed by atoms with Gasteiger partial charge in [-0.25, -0.2) is 0 Å². The fourth-order valence-electron chi connectivity index (χ4n) is 2.33. The molecule has 0 saturated carbocycles. The van der Waals surface area contributed by atoms with Crippen LogP contribution in [0.3, 0.4) is 0 Å². The van der Waals surface area contributed by atoms with Crippen molar-refractivity contribution in [2.24, 2.45) is 5.92 Å². The second-order valence-corrected chi connectivity index (χ2v) is 5.99. The molecule has 126 valence electrons. The highest BCUT2D eigenvalue weighted by Gasteiger charge is 2.23. The zero-order chi connectivity index (χ0) is 17.4. The van der Waals surface area contributed by atoms with Crippen molar-refractivity contribution >= 4 is 11.8 Å². The van der Waals surface area contributed by atoms with E-state index in [1.54, 1.807) is 6.20 Å². The molecule has 1 aromatic carbocycles. The van der Waals surface area contributed by atoms with Gasteiger partial charge in [-0.2, -0.15) is 0 Å². The molecule has 0 fully saturated rings. The fourth-order valence-corrected chi connectivity index (χ4v) is 2.33. The molecular formula is C19H23N3O2. The number of benzene rings is 1. The van der Waals surface area contributed by atoms with Crippen LogP contribution in [0.25, 0.3) is 0 Å². The zero-order valence-corrected chi connectivity index (χ0v) is 14.0. The largest absolute Gasteiger partial charge is 0.349 e. The quantitative estimate of drug-likeness (QED) is 0.819. The minimum Gasteiger partial charge on any atom is -0.349 e. The highest BCUT2D eigenvalue weighted by Crippen LogP contribution is 2.05. The van der Waals surface area contributed by atoms with Gasteiger partial charge in [0.25, 0.3) is 0 Å². The number of carbonyl (C=O) groups is 2. The maximum atomic E-state index is 12.4. The standard InChI is InChI=1S/C19H23N3O2/c1-14(2)18(19(24)21-13-16-10-6-7-11-20-16)22-17(23)12-15-8-4-3-5-9-15/h3-11,14,18H,12-13H2,1-2H3,(H,21,24)(H,22,23)/t18-/m0/s1. The molecule has 0 unspecified atom stereocenters. The van der Waals surface area contributed by atoms with E-state index in [0.29, 0.717) is 6.54 Å². The molecule has 0 radical (unpaired) electrons. The van der Waals surface area contributed by atoms with Gasteiger partial charge in [0.15, 0.2) is 0 Å². The average Bonchev–Trinajstić information content (AvgIpc) is 2.59. The Kier molecular flexibility index (Phi) is 6.49. The monoisotopic (exact) mass is 325 g/mol. The number of nitrogens with one attached hydrogen (secondary N) is 2. The van der Waals surface area contributed by atoms with Gasteiger partial charge in [-0.05, 0) is 23.6 Å². The molecule has 0 aliphatic rings. The molecule has 0 aliphatic heterocycles. The van der Waals surface area contributed by atoms with Crippen molar-refractivity contribution in [2.45, 2.75) is 32.9 Å². The first kappa shape index (κ1) is 17.7. The van der Waals surface area contributed by atoms with Crippen molar-refractivity contribution in [3.05, 3.63) is 66.0 Å². The first-order valence-electron chi connectivity index (χ1n) is 8.07. The Morgan fingerprint density at radius 3 is 2.38 bits per heavy atom. The van der Waals surface area contributed by atoms with Crippen LogP contribution in [0.5, 0.6) is 0 Å². The van der Waals surface area contributed by atoms with Crippen LogP contribution in [-0.4, -0.2) is 22.8 Å². The van der Waals surface area contributed by atoms with Gasteiger partial charge in [-0.1, -0.05) is 50.2 Å². The summed E-state index contributed by atoms with van der Waals surface area (Å²) >= 11 is 0. The van der Waals surface area contributed by atoms with Gasteiger partial charge in [0.05, 0.1) is 18.7 Å². The molecule has 2 amide bonds. The Bertz CT molecular complexity index is 657. The third-order valence-electron chi connectivity index (χ3n) is 3.64. The topological polar surface area (TPSA) is 71.1 Å². The maximum Gasteiger partial charge on any atom is 0.243 e. The number of carbonyl (C=O) groups excluding carboxylic acids is 2. The van der Waals surface area contributed by atoms with Crippen LogP contribution in [0.15, 0.2) is 54.7 Å². The lowest BCUT2D eigenvalue weighted by molar-refractivity contribution is -0.129. The maximum absolute atomic E-state index is 12.4. The Morgan fingerprint density at radius 2 is 1.75 bits per heavy atom. The van der Waals surface area contributed by atoms with Crippen molar-refractivity contribution in [3.8, 4) is 0 Å². The first-order chi connectivity index (χ1) is 11.6. The molecule has 5 heteroatoms. The van der Waals surface area contributed by atoms with E-state index in [0.717, 1.165) is 11.3 Å². The summed E-state index contributed by atoms with van der Waals surface area (Å²) in [7, 11) is 0. The van der Waals surface area contributed by atoms with Gasteiger partial charge < -0.3 is 10.6 Å². The average molecular weight is 325 g/mol. The van der Waals surface area contributed by atoms with Gasteiger partial charge in [-0.3, -0.25) is 14.6 Å². The highest BCUT2D eigenvalue weighted by atomic mass is 16.2. The Morgan fingerprint density at radius 1 is 1.04 bits per heavy atom. The summed E-state index contributed by atoms with van der Waals surface area (Å²) in [5, 5.41) is 5.66. The van der Waals surface area contributed by atoms with Crippen molar-refractivity contribution in [3.63, 3.8) is 0 Å². The molecule has 0 spiro atoms. The Balaban J connectivity index is 1.90. The molecule has 2 N–H and O–H groups in total. The van der Waals surface area contributed by atoms with E-state index < -0.39 is 6.04 Å². The number of hydrogen-bond acceptors (Lipinski definition) is 3. The minimum absolute atomic E-state index is 0.00606. The molecule has 2 aromatic rings. The normalized spacial score (nSPS) is 11.8. The molecule has 1 atom stereocenters. The second-order valence-electron chi connectivity index (χ2n) is 5.99. The third-order valence-corrected chi connectivity index (χ3v) is 3.64. The van der Waals surface area contributed by atoms with Gasteiger partial charge in [0.2, 0.25) is 11.8 Å². The van der Waals surface area contributed by atoms with E-state index in [1.165, 1.54) is 0 Å².